The van der Waals surface area contributed by atoms with Gasteiger partial charge in [-0.25, -0.2) is 0 Å². The normalized spacial score (nSPS) is 20.7. The fourth-order valence-corrected chi connectivity index (χ4v) is 3.55. The van der Waals surface area contributed by atoms with Crippen molar-refractivity contribution < 1.29 is 14.3 Å². The lowest BCUT2D eigenvalue weighted by Gasteiger charge is -2.24. The maximum atomic E-state index is 12.6. The highest BCUT2D eigenvalue weighted by molar-refractivity contribution is 6.39. The standard InChI is InChI=1S/C18H20Cl2N2O3/c1-24-15-7-6-11(8-16(15)25-12-4-2-3-5-12)18(23)22-17-13(19)9-21-10-14(17)20/h6-7,9-12H,2-5,8H2,1H3,(H,21,22,23). The number of aromatic nitrogens is 1. The number of pyridine rings is 1. The number of anilines is 1. The average molecular weight is 383 g/mol. The Hall–Kier alpha value is -1.72. The molecule has 134 valence electrons. The Morgan fingerprint density at radius 1 is 1.24 bits per heavy atom. The SMILES string of the molecule is COC1=C(OC2CCCC2)CC(C(=O)Nc2c(Cl)cncc2Cl)C=C1. The number of nitrogens with zero attached hydrogens (tertiary/aromatic N) is 1. The van der Waals surface area contributed by atoms with Gasteiger partial charge >= 0.3 is 0 Å². The summed E-state index contributed by atoms with van der Waals surface area (Å²) in [5.41, 5.74) is 0.372. The van der Waals surface area contributed by atoms with E-state index in [1.807, 2.05) is 0 Å². The number of hydrogen-bond donors (Lipinski definition) is 1. The fraction of sp³-hybridized carbons (Fsp3) is 0.444. The van der Waals surface area contributed by atoms with Crippen LogP contribution in [0.1, 0.15) is 32.1 Å². The van der Waals surface area contributed by atoms with Crippen molar-refractivity contribution in [2.24, 2.45) is 5.92 Å². The van der Waals surface area contributed by atoms with Crippen molar-refractivity contribution in [3.05, 3.63) is 46.1 Å². The van der Waals surface area contributed by atoms with Crippen LogP contribution in [0.25, 0.3) is 0 Å². The van der Waals surface area contributed by atoms with Crippen molar-refractivity contribution in [1.82, 2.24) is 4.98 Å². The van der Waals surface area contributed by atoms with Crippen molar-refractivity contribution >= 4 is 34.8 Å². The summed E-state index contributed by atoms with van der Waals surface area (Å²) >= 11 is 12.1. The molecule has 2 aliphatic carbocycles. The second-order valence-electron chi connectivity index (χ2n) is 6.15. The Labute approximate surface area is 157 Å². The van der Waals surface area contributed by atoms with Crippen LogP contribution >= 0.6 is 23.2 Å². The van der Waals surface area contributed by atoms with Gasteiger partial charge < -0.3 is 14.8 Å². The van der Waals surface area contributed by atoms with Gasteiger partial charge in [0, 0.05) is 18.8 Å². The third-order valence-electron chi connectivity index (χ3n) is 4.43. The van der Waals surface area contributed by atoms with Crippen LogP contribution in [-0.4, -0.2) is 24.1 Å². The summed E-state index contributed by atoms with van der Waals surface area (Å²) < 4.78 is 11.5. The fourth-order valence-electron chi connectivity index (χ4n) is 3.09. The molecule has 1 aromatic rings. The van der Waals surface area contributed by atoms with Crippen LogP contribution < -0.4 is 5.32 Å². The molecule has 1 fully saturated rings. The number of ether oxygens (including phenoxy) is 2. The van der Waals surface area contributed by atoms with Gasteiger partial charge in [-0.05, 0) is 31.8 Å². The third-order valence-corrected chi connectivity index (χ3v) is 5.00. The van der Waals surface area contributed by atoms with E-state index in [0.29, 0.717) is 27.9 Å². The van der Waals surface area contributed by atoms with Crippen LogP contribution in [0.2, 0.25) is 10.0 Å². The first kappa shape index (κ1) is 18.1. The maximum Gasteiger partial charge on any atom is 0.231 e. The summed E-state index contributed by atoms with van der Waals surface area (Å²) in [4.78, 5) is 16.5. The molecule has 1 saturated carbocycles. The van der Waals surface area contributed by atoms with Crippen molar-refractivity contribution in [1.29, 1.82) is 0 Å². The summed E-state index contributed by atoms with van der Waals surface area (Å²) in [6.07, 6.45) is 11.6. The van der Waals surface area contributed by atoms with Gasteiger partial charge in [-0.15, -0.1) is 0 Å². The zero-order valence-corrected chi connectivity index (χ0v) is 15.4. The Bertz CT molecular complexity index is 692. The van der Waals surface area contributed by atoms with E-state index in [-0.39, 0.29) is 17.9 Å². The molecule has 0 spiro atoms. The number of carbonyl (C=O) groups is 1. The minimum atomic E-state index is -0.379. The van der Waals surface area contributed by atoms with E-state index in [0.717, 1.165) is 18.6 Å². The van der Waals surface area contributed by atoms with Gasteiger partial charge in [0.15, 0.2) is 5.76 Å². The molecule has 0 aliphatic heterocycles. The lowest BCUT2D eigenvalue weighted by Crippen LogP contribution is -2.25. The molecule has 1 heterocycles. The zero-order chi connectivity index (χ0) is 17.8. The molecule has 0 aromatic carbocycles. The van der Waals surface area contributed by atoms with Crippen molar-refractivity contribution in [2.45, 2.75) is 38.2 Å². The molecular weight excluding hydrogens is 363 g/mol. The molecule has 1 amide bonds. The van der Waals surface area contributed by atoms with E-state index < -0.39 is 0 Å². The molecule has 2 aliphatic rings. The minimum Gasteiger partial charge on any atom is -0.493 e. The predicted molar refractivity (Wildman–Crippen MR) is 97.5 cm³/mol. The molecule has 25 heavy (non-hydrogen) atoms. The number of methoxy groups -OCH3 is 1. The van der Waals surface area contributed by atoms with E-state index in [4.69, 9.17) is 32.7 Å². The van der Waals surface area contributed by atoms with Crippen LogP contribution in [0.4, 0.5) is 5.69 Å². The summed E-state index contributed by atoms with van der Waals surface area (Å²) in [5.74, 6) is 0.824. The Morgan fingerprint density at radius 3 is 2.56 bits per heavy atom. The number of nitrogens with one attached hydrogen (secondary N) is 1. The van der Waals surface area contributed by atoms with E-state index >= 15 is 0 Å². The summed E-state index contributed by atoms with van der Waals surface area (Å²) in [6.45, 7) is 0. The Balaban J connectivity index is 1.70. The highest BCUT2D eigenvalue weighted by Crippen LogP contribution is 2.33. The lowest BCUT2D eigenvalue weighted by atomic mass is 9.97. The van der Waals surface area contributed by atoms with E-state index in [9.17, 15) is 4.79 Å². The zero-order valence-electron chi connectivity index (χ0n) is 13.9. The topological polar surface area (TPSA) is 60.5 Å². The monoisotopic (exact) mass is 382 g/mol. The molecule has 5 nitrogen and oxygen atoms in total. The largest absolute Gasteiger partial charge is 0.493 e. The van der Waals surface area contributed by atoms with Crippen LogP contribution in [0.3, 0.4) is 0 Å². The smallest absolute Gasteiger partial charge is 0.231 e. The number of amides is 1. The number of halogens is 2. The number of carbonyl (C=O) groups excluding carboxylic acids is 1. The average Bonchev–Trinajstić information content (AvgIpc) is 3.11. The lowest BCUT2D eigenvalue weighted by molar-refractivity contribution is -0.118. The second-order valence-corrected chi connectivity index (χ2v) is 6.97. The molecule has 0 radical (unpaired) electrons. The van der Waals surface area contributed by atoms with Gasteiger partial charge in [-0.2, -0.15) is 0 Å². The van der Waals surface area contributed by atoms with E-state index in [1.165, 1.54) is 25.2 Å². The van der Waals surface area contributed by atoms with Gasteiger partial charge in [0.2, 0.25) is 5.91 Å². The second kappa shape index (κ2) is 8.11. The molecule has 1 atom stereocenters. The van der Waals surface area contributed by atoms with Gasteiger partial charge in [0.05, 0.1) is 34.9 Å². The highest BCUT2D eigenvalue weighted by Gasteiger charge is 2.28. The first-order valence-electron chi connectivity index (χ1n) is 8.30. The maximum absolute atomic E-state index is 12.6. The summed E-state index contributed by atoms with van der Waals surface area (Å²) in [7, 11) is 1.61. The molecule has 0 bridgehead atoms. The Morgan fingerprint density at radius 2 is 1.92 bits per heavy atom. The molecule has 1 unspecified atom stereocenters. The van der Waals surface area contributed by atoms with Crippen molar-refractivity contribution in [3.8, 4) is 0 Å². The van der Waals surface area contributed by atoms with E-state index in [2.05, 4.69) is 10.3 Å². The van der Waals surface area contributed by atoms with Crippen molar-refractivity contribution in [3.63, 3.8) is 0 Å². The molecular formula is C18H20Cl2N2O3. The first-order valence-corrected chi connectivity index (χ1v) is 9.06. The van der Waals surface area contributed by atoms with E-state index in [1.54, 1.807) is 19.3 Å². The van der Waals surface area contributed by atoms with Gasteiger partial charge in [-0.1, -0.05) is 29.3 Å². The number of rotatable bonds is 5. The predicted octanol–water partition coefficient (Wildman–Crippen LogP) is 4.72. The van der Waals surface area contributed by atoms with Gasteiger partial charge in [0.25, 0.3) is 0 Å². The molecule has 0 saturated heterocycles. The van der Waals surface area contributed by atoms with Crippen LogP contribution in [0.15, 0.2) is 36.1 Å². The van der Waals surface area contributed by atoms with Gasteiger partial charge in [0.1, 0.15) is 5.76 Å². The molecule has 3 rings (SSSR count). The van der Waals surface area contributed by atoms with Crippen LogP contribution in [0.5, 0.6) is 0 Å². The Kier molecular flexibility index (Phi) is 5.86. The minimum absolute atomic E-state index is 0.200. The number of allylic oxidation sites excluding steroid dienone is 2. The third kappa shape index (κ3) is 4.28. The summed E-state index contributed by atoms with van der Waals surface area (Å²) in [5, 5.41) is 3.39. The molecule has 1 aromatic heterocycles. The number of hydrogen-bond acceptors (Lipinski definition) is 4. The van der Waals surface area contributed by atoms with Gasteiger partial charge in [-0.3, -0.25) is 9.78 Å². The highest BCUT2D eigenvalue weighted by atomic mass is 35.5. The quantitative estimate of drug-likeness (QED) is 0.799. The first-order chi connectivity index (χ1) is 12.1. The molecule has 1 N–H and O–H groups in total. The van der Waals surface area contributed by atoms with Crippen LogP contribution in [0, 0.1) is 5.92 Å². The van der Waals surface area contributed by atoms with Crippen molar-refractivity contribution in [2.75, 3.05) is 12.4 Å². The van der Waals surface area contributed by atoms with Crippen LogP contribution in [-0.2, 0) is 14.3 Å². The molecule has 7 heteroatoms. The summed E-state index contributed by atoms with van der Waals surface area (Å²) in [6, 6.07) is 0.